The molecule has 1 unspecified atom stereocenters. The Labute approximate surface area is 191 Å². The van der Waals surface area contributed by atoms with E-state index in [1.165, 1.54) is 0 Å². The molecule has 0 saturated carbocycles. The van der Waals surface area contributed by atoms with Gasteiger partial charge in [-0.05, 0) is 49.9 Å². The number of rotatable bonds is 7. The summed E-state index contributed by atoms with van der Waals surface area (Å²) in [6, 6.07) is 14.4. The molecular weight excluding hydrogens is 437 g/mol. The number of halogens is 2. The zero-order chi connectivity index (χ0) is 22.5. The highest BCUT2D eigenvalue weighted by Crippen LogP contribution is 2.41. The molecule has 0 bridgehead atoms. The van der Waals surface area contributed by atoms with Crippen molar-refractivity contribution in [3.8, 4) is 0 Å². The van der Waals surface area contributed by atoms with Crippen molar-refractivity contribution in [2.24, 2.45) is 0 Å². The van der Waals surface area contributed by atoms with E-state index in [2.05, 4.69) is 5.32 Å². The number of ether oxygens (including phenoxy) is 1. The van der Waals surface area contributed by atoms with Crippen LogP contribution in [0.4, 0.5) is 0 Å². The number of benzene rings is 2. The first-order valence-corrected chi connectivity index (χ1v) is 10.6. The first kappa shape index (κ1) is 22.9. The molecule has 7 heteroatoms. The van der Waals surface area contributed by atoms with Gasteiger partial charge in [0.1, 0.15) is 0 Å². The van der Waals surface area contributed by atoms with Crippen LogP contribution in [0.2, 0.25) is 10.0 Å². The Morgan fingerprint density at radius 3 is 2.23 bits per heavy atom. The van der Waals surface area contributed by atoms with Crippen LogP contribution in [0.25, 0.3) is 0 Å². The second kappa shape index (κ2) is 10.0. The smallest absolute Gasteiger partial charge is 0.336 e. The maximum atomic E-state index is 13.1. The quantitative estimate of drug-likeness (QED) is 0.422. The molecule has 0 fully saturated rings. The van der Waals surface area contributed by atoms with Gasteiger partial charge in [-0.2, -0.15) is 0 Å². The number of carboxylic acids is 1. The fraction of sp³-hybridized carbons (Fsp3) is 0.250. The lowest BCUT2D eigenvalue weighted by molar-refractivity contribution is -0.139. The third-order valence-corrected chi connectivity index (χ3v) is 5.92. The molecule has 2 aromatic carbocycles. The van der Waals surface area contributed by atoms with E-state index in [1.807, 2.05) is 24.3 Å². The molecule has 0 radical (unpaired) electrons. The van der Waals surface area contributed by atoms with Crippen molar-refractivity contribution in [3.05, 3.63) is 92.2 Å². The van der Waals surface area contributed by atoms with Crippen LogP contribution in [0.3, 0.4) is 0 Å². The Hall–Kier alpha value is -2.76. The first-order chi connectivity index (χ1) is 14.8. The lowest BCUT2D eigenvalue weighted by atomic mass is 9.80. The Bertz CT molecular complexity index is 1070. The second-order valence-corrected chi connectivity index (χ2v) is 8.11. The van der Waals surface area contributed by atoms with Gasteiger partial charge in [0.05, 0.1) is 23.7 Å². The third-order valence-electron chi connectivity index (χ3n) is 5.21. The minimum Gasteiger partial charge on any atom is -0.478 e. The Kier molecular flexibility index (Phi) is 7.42. The zero-order valence-corrected chi connectivity index (χ0v) is 18.8. The van der Waals surface area contributed by atoms with Gasteiger partial charge in [-0.15, -0.1) is 0 Å². The van der Waals surface area contributed by atoms with E-state index in [0.717, 1.165) is 5.56 Å². The van der Waals surface area contributed by atoms with E-state index in [4.69, 9.17) is 27.9 Å². The predicted octanol–water partition coefficient (Wildman–Crippen LogP) is 5.49. The average molecular weight is 460 g/mol. The minimum atomic E-state index is -1.12. The highest BCUT2D eigenvalue weighted by molar-refractivity contribution is 6.31. The van der Waals surface area contributed by atoms with Gasteiger partial charge < -0.3 is 15.2 Å². The number of carbonyl (C=O) groups is 2. The monoisotopic (exact) mass is 459 g/mol. The summed E-state index contributed by atoms with van der Waals surface area (Å²) in [6.45, 7) is 3.58. The number of carboxylic acid groups (broad SMARTS) is 1. The van der Waals surface area contributed by atoms with Crippen molar-refractivity contribution in [1.82, 2.24) is 5.32 Å². The number of nitrogens with one attached hydrogen (secondary N) is 1. The van der Waals surface area contributed by atoms with E-state index in [9.17, 15) is 14.7 Å². The number of allylic oxidation sites excluding steroid dienone is 2. The van der Waals surface area contributed by atoms with Crippen molar-refractivity contribution in [3.63, 3.8) is 0 Å². The molecule has 3 rings (SSSR count). The number of esters is 1. The lowest BCUT2D eigenvalue weighted by Gasteiger charge is -2.30. The van der Waals surface area contributed by atoms with Gasteiger partial charge in [-0.1, -0.05) is 59.6 Å². The lowest BCUT2D eigenvalue weighted by Crippen LogP contribution is -2.32. The molecule has 0 aromatic heterocycles. The Balaban J connectivity index is 1.82. The van der Waals surface area contributed by atoms with Gasteiger partial charge in [0.15, 0.2) is 0 Å². The standard InChI is InChI=1S/C24H23Cl2NO4/c1-14-20(23(28)29)22(17-10-4-6-12-19(17)26)21(15(2)27-14)24(30)31-13-7-9-16-8-3-5-11-18(16)25/h3-6,8,10-12,22,27H,7,9,13H2,1-2H3,(H,28,29). The number of dihydropyridines is 1. The average Bonchev–Trinajstić information content (AvgIpc) is 2.71. The van der Waals surface area contributed by atoms with Crippen LogP contribution >= 0.6 is 23.2 Å². The molecule has 0 amide bonds. The Morgan fingerprint density at radius 2 is 1.58 bits per heavy atom. The predicted molar refractivity (Wildman–Crippen MR) is 121 cm³/mol. The van der Waals surface area contributed by atoms with Gasteiger partial charge in [0.25, 0.3) is 0 Å². The molecule has 0 spiro atoms. The van der Waals surface area contributed by atoms with Crippen LogP contribution in [0.15, 0.2) is 71.1 Å². The normalized spacial score (nSPS) is 16.2. The summed E-state index contributed by atoms with van der Waals surface area (Å²) >= 11 is 12.6. The second-order valence-electron chi connectivity index (χ2n) is 7.29. The number of aryl methyl sites for hydroxylation is 1. The maximum absolute atomic E-state index is 13.1. The summed E-state index contributed by atoms with van der Waals surface area (Å²) in [5.74, 6) is -2.52. The highest BCUT2D eigenvalue weighted by atomic mass is 35.5. The summed E-state index contributed by atoms with van der Waals surface area (Å²) in [6.07, 6.45) is 1.25. The molecule has 162 valence electrons. The van der Waals surface area contributed by atoms with Gasteiger partial charge in [-0.25, -0.2) is 9.59 Å². The molecule has 1 aliphatic heterocycles. The van der Waals surface area contributed by atoms with Crippen LogP contribution in [0.5, 0.6) is 0 Å². The molecule has 0 aliphatic carbocycles. The highest BCUT2D eigenvalue weighted by Gasteiger charge is 2.38. The molecule has 5 nitrogen and oxygen atoms in total. The van der Waals surface area contributed by atoms with Gasteiger partial charge in [0, 0.05) is 21.4 Å². The topological polar surface area (TPSA) is 75.6 Å². The molecule has 31 heavy (non-hydrogen) atoms. The number of hydrogen-bond acceptors (Lipinski definition) is 4. The number of aliphatic carboxylic acids is 1. The molecule has 0 saturated heterocycles. The largest absolute Gasteiger partial charge is 0.478 e. The van der Waals surface area contributed by atoms with Gasteiger partial charge >= 0.3 is 11.9 Å². The van der Waals surface area contributed by atoms with Crippen molar-refractivity contribution in [2.45, 2.75) is 32.6 Å². The minimum absolute atomic E-state index is 0.0710. The molecule has 1 aliphatic rings. The maximum Gasteiger partial charge on any atom is 0.336 e. The van der Waals surface area contributed by atoms with E-state index in [-0.39, 0.29) is 17.8 Å². The summed E-state index contributed by atoms with van der Waals surface area (Å²) in [5, 5.41) is 13.9. The summed E-state index contributed by atoms with van der Waals surface area (Å²) in [4.78, 5) is 25.1. The van der Waals surface area contributed by atoms with Crippen LogP contribution in [-0.4, -0.2) is 23.7 Å². The molecule has 2 N–H and O–H groups in total. The number of hydrogen-bond donors (Lipinski definition) is 2. The third kappa shape index (κ3) is 5.12. The van der Waals surface area contributed by atoms with E-state index < -0.39 is 17.9 Å². The SMILES string of the molecule is CC1=C(C(=O)O)C(c2ccccc2Cl)C(C(=O)OCCCc2ccccc2Cl)=C(C)N1. The van der Waals surface area contributed by atoms with Crippen LogP contribution < -0.4 is 5.32 Å². The summed E-state index contributed by atoms with van der Waals surface area (Å²) in [5.41, 5.74) is 2.85. The van der Waals surface area contributed by atoms with Gasteiger partial charge in [0.2, 0.25) is 0 Å². The van der Waals surface area contributed by atoms with Crippen LogP contribution in [0, 0.1) is 0 Å². The van der Waals surface area contributed by atoms with Gasteiger partial charge in [-0.3, -0.25) is 0 Å². The Morgan fingerprint density at radius 1 is 0.968 bits per heavy atom. The van der Waals surface area contributed by atoms with E-state index in [0.29, 0.717) is 39.8 Å². The van der Waals surface area contributed by atoms with Crippen LogP contribution in [0.1, 0.15) is 37.3 Å². The molecule has 1 heterocycles. The first-order valence-electron chi connectivity index (χ1n) is 9.88. The van der Waals surface area contributed by atoms with Crippen molar-refractivity contribution < 1.29 is 19.4 Å². The summed E-state index contributed by atoms with van der Waals surface area (Å²) in [7, 11) is 0. The van der Waals surface area contributed by atoms with Crippen molar-refractivity contribution >= 4 is 35.1 Å². The molecule has 2 aromatic rings. The number of carbonyl (C=O) groups excluding carboxylic acids is 1. The fourth-order valence-electron chi connectivity index (χ4n) is 3.77. The van der Waals surface area contributed by atoms with E-state index >= 15 is 0 Å². The van der Waals surface area contributed by atoms with Crippen molar-refractivity contribution in [2.75, 3.05) is 6.61 Å². The summed E-state index contributed by atoms with van der Waals surface area (Å²) < 4.78 is 5.53. The zero-order valence-electron chi connectivity index (χ0n) is 17.2. The van der Waals surface area contributed by atoms with E-state index in [1.54, 1.807) is 38.1 Å². The fourth-order valence-corrected chi connectivity index (χ4v) is 4.25. The molecule has 1 atom stereocenters. The van der Waals surface area contributed by atoms with Crippen LogP contribution in [-0.2, 0) is 20.7 Å². The van der Waals surface area contributed by atoms with Crippen molar-refractivity contribution in [1.29, 1.82) is 0 Å². The molecular formula is C24H23Cl2NO4.